The first-order valence-corrected chi connectivity index (χ1v) is 7.08. The number of nitrogens with two attached hydrogens (primary N) is 1. The fraction of sp³-hybridized carbons (Fsp3) is 0. The van der Waals surface area contributed by atoms with E-state index in [1.54, 1.807) is 0 Å². The molecule has 2 aromatic rings. The van der Waals surface area contributed by atoms with Crippen LogP contribution in [0.3, 0.4) is 0 Å². The number of benzene rings is 2. The van der Waals surface area contributed by atoms with E-state index in [1.807, 2.05) is 0 Å². The maximum absolute atomic E-state index is 11.1. The number of halogens is 1. The monoisotopic (exact) mass is 346 g/mol. The number of nitrogens with zero attached hydrogens (tertiary/aromatic N) is 1. The van der Waals surface area contributed by atoms with Gasteiger partial charge in [-0.3, -0.25) is 14.7 Å². The lowest BCUT2D eigenvalue weighted by Crippen LogP contribution is -2.00. The van der Waals surface area contributed by atoms with Gasteiger partial charge in [0, 0.05) is 15.9 Å². The fourth-order valence-corrected chi connectivity index (χ4v) is 2.62. The normalized spacial score (nSPS) is 11.7. The van der Waals surface area contributed by atoms with Gasteiger partial charge in [-0.05, 0) is 28.1 Å². The van der Waals surface area contributed by atoms with Gasteiger partial charge in [0.1, 0.15) is 0 Å². The third kappa shape index (κ3) is 2.39. The lowest BCUT2D eigenvalue weighted by atomic mass is 10.1. The summed E-state index contributed by atoms with van der Waals surface area (Å²) in [6.07, 6.45) is 0. The van der Waals surface area contributed by atoms with Crippen LogP contribution in [0.4, 0.5) is 11.4 Å². The predicted molar refractivity (Wildman–Crippen MR) is 72.5 cm³/mol. The van der Waals surface area contributed by atoms with Gasteiger partial charge >= 0.3 is 0 Å². The Bertz CT molecular complexity index is 803. The number of hydrogen-bond acceptors (Lipinski definition) is 5. The molecule has 19 heavy (non-hydrogen) atoms. The largest absolute Gasteiger partial charge is 0.397 e. The second-order valence-electron chi connectivity index (χ2n) is 3.73. The number of hydrogen-bond donors (Lipinski definition) is 2. The summed E-state index contributed by atoms with van der Waals surface area (Å²) in [5, 5.41) is 11.3. The number of anilines is 1. The Labute approximate surface area is 116 Å². The van der Waals surface area contributed by atoms with Gasteiger partial charge in [-0.1, -0.05) is 6.07 Å². The molecule has 0 saturated heterocycles. The van der Waals surface area contributed by atoms with E-state index in [9.17, 15) is 18.5 Å². The Hall–Kier alpha value is -1.71. The molecule has 9 heteroatoms. The second kappa shape index (κ2) is 4.44. The van der Waals surface area contributed by atoms with Crippen LogP contribution in [-0.2, 0) is 10.1 Å². The van der Waals surface area contributed by atoms with Crippen molar-refractivity contribution in [2.75, 3.05) is 5.73 Å². The smallest absolute Gasteiger partial charge is 0.294 e. The molecule has 0 fully saturated rings. The van der Waals surface area contributed by atoms with Crippen molar-refractivity contribution in [1.82, 2.24) is 0 Å². The molecule has 0 bridgehead atoms. The fourth-order valence-electron chi connectivity index (χ4n) is 1.69. The van der Waals surface area contributed by atoms with E-state index >= 15 is 0 Å². The number of non-ortho nitro benzene ring substituents is 1. The van der Waals surface area contributed by atoms with Crippen LogP contribution in [0.15, 0.2) is 33.6 Å². The van der Waals surface area contributed by atoms with Gasteiger partial charge in [0.25, 0.3) is 15.8 Å². The molecule has 0 heterocycles. The van der Waals surface area contributed by atoms with E-state index in [4.69, 9.17) is 10.3 Å². The summed E-state index contributed by atoms with van der Waals surface area (Å²) in [6.45, 7) is 0. The molecule has 3 N–H and O–H groups in total. The highest BCUT2D eigenvalue weighted by molar-refractivity contribution is 9.10. The standard InChI is InChI=1S/C10H7BrN2O5S/c11-8-4-9(13(14)15)7-3-5(19(16,17)18)1-2-6(7)10(8)12/h1-4H,12H2,(H,16,17,18). The molecule has 7 nitrogen and oxygen atoms in total. The molecule has 0 unspecified atom stereocenters. The van der Waals surface area contributed by atoms with Crippen LogP contribution in [-0.4, -0.2) is 17.9 Å². The zero-order valence-corrected chi connectivity index (χ0v) is 11.6. The number of nitro groups is 1. The van der Waals surface area contributed by atoms with Gasteiger partial charge in [-0.25, -0.2) is 0 Å². The Morgan fingerprint density at radius 2 is 1.89 bits per heavy atom. The number of fused-ring (bicyclic) bond motifs is 1. The average Bonchev–Trinajstić information content (AvgIpc) is 2.31. The van der Waals surface area contributed by atoms with Crippen molar-refractivity contribution in [3.8, 4) is 0 Å². The molecule has 0 aliphatic carbocycles. The quantitative estimate of drug-likeness (QED) is 0.372. The van der Waals surface area contributed by atoms with Crippen molar-refractivity contribution in [1.29, 1.82) is 0 Å². The SMILES string of the molecule is Nc1c(Br)cc([N+](=O)[O-])c2cc(S(=O)(=O)O)ccc12. The molecule has 0 amide bonds. The molecule has 0 aliphatic heterocycles. The lowest BCUT2D eigenvalue weighted by molar-refractivity contribution is -0.383. The maximum Gasteiger partial charge on any atom is 0.294 e. The van der Waals surface area contributed by atoms with E-state index in [2.05, 4.69) is 15.9 Å². The third-order valence-corrected chi connectivity index (χ3v) is 4.08. The van der Waals surface area contributed by atoms with Crippen molar-refractivity contribution in [3.63, 3.8) is 0 Å². The van der Waals surface area contributed by atoms with Crippen LogP contribution in [0, 0.1) is 10.1 Å². The van der Waals surface area contributed by atoms with Crippen LogP contribution in [0.25, 0.3) is 10.8 Å². The minimum atomic E-state index is -4.43. The molecular weight excluding hydrogens is 340 g/mol. The van der Waals surface area contributed by atoms with Gasteiger partial charge in [0.2, 0.25) is 0 Å². The minimum absolute atomic E-state index is 0.0424. The van der Waals surface area contributed by atoms with Gasteiger partial charge in [-0.15, -0.1) is 0 Å². The first-order chi connectivity index (χ1) is 8.71. The molecule has 0 atom stereocenters. The number of nitro benzene ring substituents is 1. The van der Waals surface area contributed by atoms with Gasteiger partial charge in [0.15, 0.2) is 0 Å². The molecule has 100 valence electrons. The molecule has 0 aliphatic rings. The Morgan fingerprint density at radius 1 is 1.26 bits per heavy atom. The summed E-state index contributed by atoms with van der Waals surface area (Å²) in [5.74, 6) is 0. The number of rotatable bonds is 2. The zero-order valence-electron chi connectivity index (χ0n) is 9.20. The highest BCUT2D eigenvalue weighted by Crippen LogP contribution is 2.37. The molecular formula is C10H7BrN2O5S. The van der Waals surface area contributed by atoms with E-state index in [-0.39, 0.29) is 16.8 Å². The van der Waals surface area contributed by atoms with Crippen molar-refractivity contribution in [2.24, 2.45) is 0 Å². The molecule has 0 aromatic heterocycles. The van der Waals surface area contributed by atoms with E-state index in [0.29, 0.717) is 9.86 Å². The van der Waals surface area contributed by atoms with Crippen molar-refractivity contribution in [2.45, 2.75) is 4.90 Å². The summed E-state index contributed by atoms with van der Waals surface area (Å²) in [4.78, 5) is 9.89. The minimum Gasteiger partial charge on any atom is -0.397 e. The molecule has 0 spiro atoms. The maximum atomic E-state index is 11.1. The summed E-state index contributed by atoms with van der Waals surface area (Å²) in [7, 11) is -4.43. The van der Waals surface area contributed by atoms with Crippen LogP contribution in [0.2, 0.25) is 0 Å². The second-order valence-corrected chi connectivity index (χ2v) is 6.01. The highest BCUT2D eigenvalue weighted by atomic mass is 79.9. The molecule has 0 saturated carbocycles. The van der Waals surface area contributed by atoms with Crippen molar-refractivity contribution in [3.05, 3.63) is 38.9 Å². The van der Waals surface area contributed by atoms with E-state index < -0.39 is 19.9 Å². The highest BCUT2D eigenvalue weighted by Gasteiger charge is 2.19. The summed E-state index contributed by atoms with van der Waals surface area (Å²) >= 11 is 3.10. The van der Waals surface area contributed by atoms with Crippen LogP contribution >= 0.6 is 15.9 Å². The number of nitrogen functional groups attached to an aromatic ring is 1. The average molecular weight is 347 g/mol. The van der Waals surface area contributed by atoms with E-state index in [1.165, 1.54) is 12.1 Å². The molecule has 2 aromatic carbocycles. The molecule has 2 rings (SSSR count). The van der Waals surface area contributed by atoms with Crippen LogP contribution in [0.1, 0.15) is 0 Å². The van der Waals surface area contributed by atoms with Crippen LogP contribution in [0.5, 0.6) is 0 Å². The Balaban J connectivity index is 2.95. The third-order valence-electron chi connectivity index (χ3n) is 2.57. The van der Waals surface area contributed by atoms with Gasteiger partial charge in [-0.2, -0.15) is 8.42 Å². The summed E-state index contributed by atoms with van der Waals surface area (Å²) in [5.41, 5.74) is 5.71. The lowest BCUT2D eigenvalue weighted by Gasteiger charge is -2.07. The summed E-state index contributed by atoms with van der Waals surface area (Å²) < 4.78 is 31.4. The van der Waals surface area contributed by atoms with Gasteiger partial charge in [0.05, 0.1) is 20.9 Å². The summed E-state index contributed by atoms with van der Waals surface area (Å²) in [6, 6.07) is 4.65. The van der Waals surface area contributed by atoms with Crippen molar-refractivity contribution < 1.29 is 17.9 Å². The van der Waals surface area contributed by atoms with Crippen LogP contribution < -0.4 is 5.73 Å². The van der Waals surface area contributed by atoms with Gasteiger partial charge < -0.3 is 5.73 Å². The first kappa shape index (κ1) is 13.7. The first-order valence-electron chi connectivity index (χ1n) is 4.85. The predicted octanol–water partition coefficient (Wildman–Crippen LogP) is 2.34. The van der Waals surface area contributed by atoms with Crippen molar-refractivity contribution >= 4 is 48.2 Å². The Morgan fingerprint density at radius 3 is 2.42 bits per heavy atom. The van der Waals surface area contributed by atoms with E-state index in [0.717, 1.165) is 12.1 Å². The molecule has 0 radical (unpaired) electrons. The zero-order chi connectivity index (χ0) is 14.4. The Kier molecular flexibility index (Phi) is 3.20. The topological polar surface area (TPSA) is 124 Å².